The van der Waals surface area contributed by atoms with Gasteiger partial charge in [0, 0.05) is 17.3 Å². The minimum absolute atomic E-state index is 0.0412. The first kappa shape index (κ1) is 16.0. The van der Waals surface area contributed by atoms with E-state index in [4.69, 9.17) is 5.26 Å². The molecule has 3 rings (SSSR count). The van der Waals surface area contributed by atoms with Gasteiger partial charge in [0.15, 0.2) is 5.65 Å². The van der Waals surface area contributed by atoms with Gasteiger partial charge in [0.25, 0.3) is 0 Å². The number of hydrogen-bond donors (Lipinski definition) is 1. The molecule has 0 spiro atoms. The fraction of sp³-hybridized carbons (Fsp3) is 0.133. The van der Waals surface area contributed by atoms with Crippen LogP contribution in [0.15, 0.2) is 36.7 Å². The van der Waals surface area contributed by atoms with E-state index in [1.165, 1.54) is 42.2 Å². The third-order valence-electron chi connectivity index (χ3n) is 3.52. The molecule has 122 valence electrons. The van der Waals surface area contributed by atoms with Gasteiger partial charge >= 0.3 is 0 Å². The minimum Gasteiger partial charge on any atom is -0.236 e. The second-order valence-corrected chi connectivity index (χ2v) is 6.93. The average Bonchev–Trinajstić information content (AvgIpc) is 3.00. The van der Waals surface area contributed by atoms with Gasteiger partial charge in [-0.05, 0) is 31.3 Å². The summed E-state index contributed by atoms with van der Waals surface area (Å²) in [5.74, 6) is -1.08. The highest BCUT2D eigenvalue weighted by molar-refractivity contribution is 7.88. The van der Waals surface area contributed by atoms with Crippen LogP contribution in [0.4, 0.5) is 4.39 Å². The Morgan fingerprint density at radius 2 is 2.17 bits per heavy atom. The lowest BCUT2D eigenvalue weighted by Gasteiger charge is -2.09. The lowest BCUT2D eigenvalue weighted by Crippen LogP contribution is -2.21. The van der Waals surface area contributed by atoms with Crippen LogP contribution in [-0.4, -0.2) is 30.1 Å². The first-order valence-corrected chi connectivity index (χ1v) is 8.53. The van der Waals surface area contributed by atoms with Crippen LogP contribution in [-0.2, 0) is 15.8 Å². The predicted molar refractivity (Wildman–Crippen MR) is 84.8 cm³/mol. The average molecular weight is 345 g/mol. The summed E-state index contributed by atoms with van der Waals surface area (Å²) in [6, 6.07) is 7.83. The number of aromatic nitrogens is 3. The number of nitrogens with zero attached hydrogens (tertiary/aromatic N) is 4. The van der Waals surface area contributed by atoms with Crippen molar-refractivity contribution in [3.8, 4) is 17.3 Å². The molecular weight excluding hydrogens is 333 g/mol. The molecular formula is C15H12FN5O2S. The quantitative estimate of drug-likeness (QED) is 0.771. The molecule has 3 aromatic rings. The van der Waals surface area contributed by atoms with E-state index in [-0.39, 0.29) is 5.56 Å². The van der Waals surface area contributed by atoms with Crippen molar-refractivity contribution in [2.24, 2.45) is 0 Å². The van der Waals surface area contributed by atoms with Crippen LogP contribution >= 0.6 is 0 Å². The summed E-state index contributed by atoms with van der Waals surface area (Å²) in [6.45, 7) is 0. The largest absolute Gasteiger partial charge is 0.236 e. The first-order chi connectivity index (χ1) is 11.4. The third-order valence-corrected chi connectivity index (χ3v) is 4.83. The normalized spacial score (nSPS) is 11.5. The monoisotopic (exact) mass is 345 g/mol. The van der Waals surface area contributed by atoms with Crippen LogP contribution in [0.1, 0.15) is 11.1 Å². The van der Waals surface area contributed by atoms with Gasteiger partial charge in [-0.15, -0.1) is 0 Å². The van der Waals surface area contributed by atoms with E-state index in [1.54, 1.807) is 6.07 Å². The summed E-state index contributed by atoms with van der Waals surface area (Å²) in [4.78, 5) is 4.11. The number of benzene rings is 1. The maximum absolute atomic E-state index is 14.0. The van der Waals surface area contributed by atoms with E-state index < -0.39 is 21.6 Å². The zero-order chi connectivity index (χ0) is 17.3. The molecule has 0 atom stereocenters. The maximum Gasteiger partial charge on any atom is 0.215 e. The molecule has 2 heterocycles. The molecule has 0 aliphatic heterocycles. The zero-order valence-corrected chi connectivity index (χ0v) is 13.4. The van der Waals surface area contributed by atoms with Crippen molar-refractivity contribution >= 4 is 15.7 Å². The summed E-state index contributed by atoms with van der Waals surface area (Å²) in [6.07, 6.45) is 2.91. The molecule has 1 N–H and O–H groups in total. The number of halogens is 1. The Hall–Kier alpha value is -2.83. The zero-order valence-electron chi connectivity index (χ0n) is 12.6. The minimum atomic E-state index is -3.60. The third kappa shape index (κ3) is 2.84. The van der Waals surface area contributed by atoms with Crippen LogP contribution in [0.5, 0.6) is 0 Å². The molecule has 0 fully saturated rings. The van der Waals surface area contributed by atoms with Crippen LogP contribution in [0.3, 0.4) is 0 Å². The number of fused-ring (bicyclic) bond motifs is 1. The number of nitriles is 1. The van der Waals surface area contributed by atoms with Gasteiger partial charge in [-0.25, -0.2) is 27.0 Å². The standard InChI is InChI=1S/C15H12FN5O2S/c1-18-24(22,23)9-11-6-10(2-3-13(11)16)14-4-5-19-15-12(7-17)8-20-21(14)15/h2-6,8,18H,9H2,1H3. The van der Waals surface area contributed by atoms with Crippen LogP contribution < -0.4 is 4.72 Å². The summed E-state index contributed by atoms with van der Waals surface area (Å²) in [5.41, 5.74) is 1.88. The van der Waals surface area contributed by atoms with Crippen molar-refractivity contribution in [3.05, 3.63) is 53.6 Å². The van der Waals surface area contributed by atoms with Gasteiger partial charge in [-0.3, -0.25) is 0 Å². The lowest BCUT2D eigenvalue weighted by molar-refractivity contribution is 0.580. The molecule has 0 unspecified atom stereocenters. The number of rotatable bonds is 4. The van der Waals surface area contributed by atoms with Gasteiger partial charge in [0.2, 0.25) is 10.0 Å². The molecule has 0 bridgehead atoms. The Balaban J connectivity index is 2.15. The molecule has 7 nitrogen and oxygen atoms in total. The van der Waals surface area contributed by atoms with Gasteiger partial charge < -0.3 is 0 Å². The fourth-order valence-electron chi connectivity index (χ4n) is 2.31. The Kier molecular flexibility index (Phi) is 4.01. The summed E-state index contributed by atoms with van der Waals surface area (Å²) in [5, 5.41) is 13.2. The Labute approximate surface area is 137 Å². The topological polar surface area (TPSA) is 100 Å². The van der Waals surface area contributed by atoms with Crippen molar-refractivity contribution < 1.29 is 12.8 Å². The Bertz CT molecular complexity index is 1070. The molecule has 1 aromatic carbocycles. The highest BCUT2D eigenvalue weighted by Crippen LogP contribution is 2.24. The van der Waals surface area contributed by atoms with Crippen molar-refractivity contribution in [2.45, 2.75) is 5.75 Å². The van der Waals surface area contributed by atoms with E-state index in [2.05, 4.69) is 14.8 Å². The Morgan fingerprint density at radius 1 is 1.38 bits per heavy atom. The highest BCUT2D eigenvalue weighted by Gasteiger charge is 2.15. The van der Waals surface area contributed by atoms with E-state index in [9.17, 15) is 12.8 Å². The van der Waals surface area contributed by atoms with Crippen molar-refractivity contribution in [2.75, 3.05) is 7.05 Å². The van der Waals surface area contributed by atoms with E-state index in [0.717, 1.165) is 0 Å². The molecule has 0 aliphatic carbocycles. The van der Waals surface area contributed by atoms with Gasteiger partial charge in [-0.2, -0.15) is 10.4 Å². The van der Waals surface area contributed by atoms with Crippen molar-refractivity contribution in [1.82, 2.24) is 19.3 Å². The molecule has 0 radical (unpaired) electrons. The number of sulfonamides is 1. The molecule has 0 aliphatic rings. The van der Waals surface area contributed by atoms with Gasteiger partial charge in [-0.1, -0.05) is 0 Å². The smallest absolute Gasteiger partial charge is 0.215 e. The van der Waals surface area contributed by atoms with Gasteiger partial charge in [0.1, 0.15) is 17.4 Å². The highest BCUT2D eigenvalue weighted by atomic mass is 32.2. The summed E-state index contributed by atoms with van der Waals surface area (Å²) in [7, 11) is -2.33. The lowest BCUT2D eigenvalue weighted by atomic mass is 10.1. The Morgan fingerprint density at radius 3 is 2.88 bits per heavy atom. The van der Waals surface area contributed by atoms with Crippen LogP contribution in [0, 0.1) is 17.1 Å². The molecule has 0 saturated carbocycles. The SMILES string of the molecule is CNS(=O)(=O)Cc1cc(-c2ccnc3c(C#N)cnn23)ccc1F. The molecule has 24 heavy (non-hydrogen) atoms. The molecule has 0 saturated heterocycles. The fourth-order valence-corrected chi connectivity index (χ4v) is 3.09. The molecule has 2 aromatic heterocycles. The number of nitrogens with one attached hydrogen (secondary N) is 1. The van der Waals surface area contributed by atoms with Crippen LogP contribution in [0.25, 0.3) is 16.9 Å². The van der Waals surface area contributed by atoms with Gasteiger partial charge in [0.05, 0.1) is 17.6 Å². The van der Waals surface area contributed by atoms with E-state index in [1.807, 2.05) is 6.07 Å². The van der Waals surface area contributed by atoms with E-state index in [0.29, 0.717) is 22.5 Å². The summed E-state index contributed by atoms with van der Waals surface area (Å²) < 4.78 is 40.9. The summed E-state index contributed by atoms with van der Waals surface area (Å²) >= 11 is 0. The van der Waals surface area contributed by atoms with Crippen molar-refractivity contribution in [3.63, 3.8) is 0 Å². The van der Waals surface area contributed by atoms with Crippen molar-refractivity contribution in [1.29, 1.82) is 5.26 Å². The second-order valence-electron chi connectivity index (χ2n) is 5.00. The number of hydrogen-bond acceptors (Lipinski definition) is 5. The van der Waals surface area contributed by atoms with Crippen LogP contribution in [0.2, 0.25) is 0 Å². The predicted octanol–water partition coefficient (Wildman–Crippen LogP) is 1.46. The first-order valence-electron chi connectivity index (χ1n) is 6.88. The maximum atomic E-state index is 14.0. The molecule has 0 amide bonds. The van der Waals surface area contributed by atoms with E-state index >= 15 is 0 Å². The second kappa shape index (κ2) is 5.99. The molecule has 9 heteroatoms.